The van der Waals surface area contributed by atoms with Crippen LogP contribution in [0.1, 0.15) is 62.3 Å². The van der Waals surface area contributed by atoms with Gasteiger partial charge in [0.15, 0.2) is 16.6 Å². The molecule has 1 saturated heterocycles. The van der Waals surface area contributed by atoms with Crippen molar-refractivity contribution in [1.82, 2.24) is 4.90 Å². The lowest BCUT2D eigenvalue weighted by molar-refractivity contribution is 0.0219. The summed E-state index contributed by atoms with van der Waals surface area (Å²) >= 11 is 0. The average molecular weight is 457 g/mol. The number of ether oxygens (including phenoxy) is 1. The molecule has 0 unspecified atom stereocenters. The zero-order valence-electron chi connectivity index (χ0n) is 21.5. The molecule has 1 aliphatic heterocycles. The maximum atomic E-state index is 12.9. The van der Waals surface area contributed by atoms with E-state index in [0.29, 0.717) is 6.54 Å². The summed E-state index contributed by atoms with van der Waals surface area (Å²) in [5.41, 5.74) is -0.634. The monoisotopic (exact) mass is 456 g/mol. The van der Waals surface area contributed by atoms with Crippen LogP contribution in [0.25, 0.3) is 0 Å². The van der Waals surface area contributed by atoms with Gasteiger partial charge in [-0.25, -0.2) is 4.79 Å². The Kier molecular flexibility index (Phi) is 7.75. The summed E-state index contributed by atoms with van der Waals surface area (Å²) in [6.45, 7) is 27.6. The number of rotatable bonds is 4. The number of likely N-dealkylation sites (tertiary alicyclic amines) is 1. The largest absolute Gasteiger partial charge is 0.444 e. The van der Waals surface area contributed by atoms with Gasteiger partial charge in [0.2, 0.25) is 0 Å². The van der Waals surface area contributed by atoms with Crippen LogP contribution >= 0.6 is 0 Å². The fourth-order valence-electron chi connectivity index (χ4n) is 2.76. The van der Waals surface area contributed by atoms with Gasteiger partial charge in [0.25, 0.3) is 0 Å². The Bertz CT molecular complexity index is 667. The molecule has 1 heterocycles. The third-order valence-corrected chi connectivity index (χ3v) is 15.6. The Balaban J connectivity index is 3.33. The van der Waals surface area contributed by atoms with E-state index in [2.05, 4.69) is 73.8 Å². The highest BCUT2D eigenvalue weighted by molar-refractivity contribution is 6.74. The number of nitrogens with zero attached hydrogens (tertiary/aromatic N) is 2. The van der Waals surface area contributed by atoms with Crippen LogP contribution in [0.3, 0.4) is 0 Å². The van der Waals surface area contributed by atoms with E-state index in [1.807, 2.05) is 20.8 Å². The molecule has 1 amide bonds. The minimum absolute atomic E-state index is 0.00992. The first-order chi connectivity index (χ1) is 13.1. The lowest BCUT2D eigenvalue weighted by atomic mass is 10.1. The first kappa shape index (κ1) is 27.1. The van der Waals surface area contributed by atoms with E-state index in [0.717, 1.165) is 0 Å². The van der Waals surface area contributed by atoms with Gasteiger partial charge in [-0.2, -0.15) is 5.26 Å². The first-order valence-corrected chi connectivity index (χ1v) is 16.7. The molecule has 1 aliphatic rings. The highest BCUT2D eigenvalue weighted by Crippen LogP contribution is 2.42. The second kappa shape index (κ2) is 8.57. The van der Waals surface area contributed by atoms with Crippen molar-refractivity contribution in [3.05, 3.63) is 0 Å². The fraction of sp³-hybridized carbons (Fsp3) is 0.909. The lowest BCUT2D eigenvalue weighted by Gasteiger charge is -2.43. The van der Waals surface area contributed by atoms with E-state index in [-0.39, 0.29) is 16.2 Å². The summed E-state index contributed by atoms with van der Waals surface area (Å²) in [5.74, 6) is 0. The van der Waals surface area contributed by atoms with Gasteiger partial charge < -0.3 is 13.6 Å². The summed E-state index contributed by atoms with van der Waals surface area (Å²) in [7, 11) is -4.34. The molecule has 174 valence electrons. The van der Waals surface area contributed by atoms with Crippen molar-refractivity contribution in [1.29, 1.82) is 5.26 Å². The molecule has 1 fully saturated rings. The molecule has 6 nitrogen and oxygen atoms in total. The molecule has 0 saturated carbocycles. The van der Waals surface area contributed by atoms with E-state index >= 15 is 0 Å². The molecule has 0 aromatic carbocycles. The quantitative estimate of drug-likeness (QED) is 0.492. The molecule has 0 bridgehead atoms. The summed E-state index contributed by atoms with van der Waals surface area (Å²) in [6.07, 6.45) is -1.33. The second-order valence-corrected chi connectivity index (χ2v) is 22.0. The van der Waals surface area contributed by atoms with Gasteiger partial charge in [0.05, 0.1) is 18.7 Å². The molecule has 0 aromatic heterocycles. The van der Waals surface area contributed by atoms with Crippen LogP contribution in [-0.2, 0) is 13.6 Å². The molecule has 30 heavy (non-hydrogen) atoms. The molecule has 0 aliphatic carbocycles. The second-order valence-electron chi connectivity index (χ2n) is 12.5. The van der Waals surface area contributed by atoms with E-state index in [4.69, 9.17) is 13.6 Å². The van der Waals surface area contributed by atoms with Crippen molar-refractivity contribution in [3.8, 4) is 6.07 Å². The summed E-state index contributed by atoms with van der Waals surface area (Å²) in [4.78, 5) is 14.4. The number of nitriles is 1. The van der Waals surface area contributed by atoms with Crippen molar-refractivity contribution in [3.63, 3.8) is 0 Å². The predicted octanol–water partition coefficient (Wildman–Crippen LogP) is 5.91. The van der Waals surface area contributed by atoms with Crippen LogP contribution in [0.4, 0.5) is 4.79 Å². The molecule has 0 aromatic rings. The van der Waals surface area contributed by atoms with Crippen molar-refractivity contribution in [2.75, 3.05) is 6.54 Å². The van der Waals surface area contributed by atoms with E-state index in [1.165, 1.54) is 4.90 Å². The summed E-state index contributed by atoms with van der Waals surface area (Å²) in [5, 5.41) is 10.0. The Morgan fingerprint density at radius 3 is 1.70 bits per heavy atom. The molecular weight excluding hydrogens is 412 g/mol. The maximum Gasteiger partial charge on any atom is 0.411 e. The Hall–Kier alpha value is -0.886. The molecular formula is C22H44N2O4Si2. The Morgan fingerprint density at radius 1 is 0.900 bits per heavy atom. The minimum Gasteiger partial charge on any atom is -0.444 e. The van der Waals surface area contributed by atoms with Crippen LogP contribution in [0.2, 0.25) is 36.3 Å². The number of carbonyl (C=O) groups is 1. The van der Waals surface area contributed by atoms with Gasteiger partial charge in [-0.1, -0.05) is 41.5 Å². The zero-order valence-corrected chi connectivity index (χ0v) is 23.5. The average Bonchev–Trinajstić information content (AvgIpc) is 2.80. The number of hydrogen-bond donors (Lipinski definition) is 0. The van der Waals surface area contributed by atoms with Gasteiger partial charge in [0.1, 0.15) is 17.7 Å². The third kappa shape index (κ3) is 6.31. The Morgan fingerprint density at radius 2 is 1.33 bits per heavy atom. The highest BCUT2D eigenvalue weighted by atomic mass is 28.4. The molecule has 0 N–H and O–H groups in total. The van der Waals surface area contributed by atoms with Crippen LogP contribution in [0.15, 0.2) is 0 Å². The van der Waals surface area contributed by atoms with Crippen LogP contribution in [0, 0.1) is 11.3 Å². The first-order valence-electron chi connectivity index (χ1n) is 10.9. The van der Waals surface area contributed by atoms with Crippen LogP contribution < -0.4 is 0 Å². The van der Waals surface area contributed by atoms with Crippen LogP contribution in [0.5, 0.6) is 0 Å². The SMILES string of the molecule is CC(C)(C)OC(=O)N1C[C@@H](O[Si](C)(C)C(C)(C)C)[C@@H](O[Si](C)(C)C(C)(C)C)[C@H]1C#N. The third-order valence-electron chi connectivity index (χ3n) is 6.64. The predicted molar refractivity (Wildman–Crippen MR) is 126 cm³/mol. The van der Waals surface area contributed by atoms with Gasteiger partial charge in [0, 0.05) is 0 Å². The van der Waals surface area contributed by atoms with Crippen molar-refractivity contribution >= 4 is 22.7 Å². The van der Waals surface area contributed by atoms with Crippen molar-refractivity contribution < 1.29 is 18.4 Å². The van der Waals surface area contributed by atoms with Crippen LogP contribution in [-0.4, -0.2) is 58.0 Å². The van der Waals surface area contributed by atoms with E-state index in [9.17, 15) is 10.1 Å². The van der Waals surface area contributed by atoms with E-state index < -0.39 is 40.5 Å². The number of amides is 1. The standard InChI is InChI=1S/C22H44N2O4Si2/c1-20(2,3)26-19(25)24-15-17(27-29(10,11)21(4,5)6)18(16(24)14-23)28-30(12,13)22(7,8)9/h16-18H,15H2,1-13H3/t16-,17-,18+/m1/s1. The highest BCUT2D eigenvalue weighted by Gasteiger charge is 2.53. The number of carbonyl (C=O) groups excluding carboxylic acids is 1. The molecule has 1 rings (SSSR count). The summed E-state index contributed by atoms with van der Waals surface area (Å²) in [6, 6.07) is 1.58. The van der Waals surface area contributed by atoms with Gasteiger partial charge in [-0.05, 0) is 57.0 Å². The molecule has 8 heteroatoms. The topological polar surface area (TPSA) is 71.8 Å². The van der Waals surface area contributed by atoms with Gasteiger partial charge in [-0.3, -0.25) is 4.90 Å². The molecule has 3 atom stereocenters. The molecule has 0 spiro atoms. The van der Waals surface area contributed by atoms with Gasteiger partial charge >= 0.3 is 6.09 Å². The number of hydrogen-bond acceptors (Lipinski definition) is 5. The van der Waals surface area contributed by atoms with Crippen molar-refractivity contribution in [2.45, 2.75) is 122 Å². The normalized spacial score (nSPS) is 24.0. The zero-order chi connectivity index (χ0) is 23.9. The minimum atomic E-state index is -2.20. The van der Waals surface area contributed by atoms with E-state index in [1.54, 1.807) is 0 Å². The maximum absolute atomic E-state index is 12.9. The van der Waals surface area contributed by atoms with Gasteiger partial charge in [-0.15, -0.1) is 0 Å². The Labute approximate surface area is 186 Å². The summed E-state index contributed by atoms with van der Waals surface area (Å²) < 4.78 is 19.0. The lowest BCUT2D eigenvalue weighted by Crippen LogP contribution is -2.53. The smallest absolute Gasteiger partial charge is 0.411 e. The fourth-order valence-corrected chi connectivity index (χ4v) is 5.39. The van der Waals surface area contributed by atoms with Crippen molar-refractivity contribution in [2.24, 2.45) is 0 Å². The molecule has 0 radical (unpaired) electrons.